The number of esters is 1. The number of hydrogen-bond donors (Lipinski definition) is 0. The topological polar surface area (TPSA) is 100 Å². The van der Waals surface area contributed by atoms with Gasteiger partial charge in [-0.05, 0) is 49.8 Å². The van der Waals surface area contributed by atoms with E-state index < -0.39 is 32.6 Å². The van der Waals surface area contributed by atoms with Gasteiger partial charge in [0.05, 0.1) is 46.8 Å². The normalized spacial score (nSPS) is 13.1. The van der Waals surface area contributed by atoms with Crippen molar-refractivity contribution in [3.63, 3.8) is 0 Å². The number of hydrogen-bond acceptors (Lipinski definition) is 10. The van der Waals surface area contributed by atoms with Crippen molar-refractivity contribution in [2.75, 3.05) is 34.4 Å². The maximum absolute atomic E-state index is 12.2. The van der Waals surface area contributed by atoms with Crippen LogP contribution >= 0.6 is 0 Å². The molecule has 0 N–H and O–H groups in total. The summed E-state index contributed by atoms with van der Waals surface area (Å²) in [7, 11) is -0.0474. The minimum absolute atomic E-state index is 0.0508. The van der Waals surface area contributed by atoms with Gasteiger partial charge in [0.25, 0.3) is 8.32 Å². The van der Waals surface area contributed by atoms with Gasteiger partial charge in [0.2, 0.25) is 5.75 Å². The third kappa shape index (κ3) is 13.7. The summed E-state index contributed by atoms with van der Waals surface area (Å²) in [5.74, 6) is 0.332. The van der Waals surface area contributed by atoms with Crippen molar-refractivity contribution in [2.45, 2.75) is 77.3 Å². The van der Waals surface area contributed by atoms with Crippen molar-refractivity contribution in [3.8, 4) is 17.2 Å². The van der Waals surface area contributed by atoms with Gasteiger partial charge < -0.3 is 42.3 Å². The second kappa shape index (κ2) is 24.6. The van der Waals surface area contributed by atoms with Crippen LogP contribution in [-0.4, -0.2) is 67.0 Å². The van der Waals surface area contributed by atoms with Gasteiger partial charge in [-0.3, -0.25) is 4.79 Å². The molecule has 0 radical (unpaired) electrons. The fourth-order valence-corrected chi connectivity index (χ4v) is 12.5. The van der Waals surface area contributed by atoms with Crippen LogP contribution in [0.3, 0.4) is 0 Å². The van der Waals surface area contributed by atoms with Crippen LogP contribution in [0.2, 0.25) is 5.04 Å². The van der Waals surface area contributed by atoms with E-state index in [-0.39, 0.29) is 44.0 Å². The molecule has 10 nitrogen and oxygen atoms in total. The second-order valence-electron chi connectivity index (χ2n) is 16.7. The third-order valence-electron chi connectivity index (χ3n) is 11.1. The Morgan fingerprint density at radius 1 is 0.538 bits per heavy atom. The molecule has 0 fully saturated rings. The Kier molecular flexibility index (Phi) is 18.5. The largest absolute Gasteiger partial charge is 0.493 e. The number of carbonyl (C=O) groups is 1. The van der Waals surface area contributed by atoms with E-state index in [0.29, 0.717) is 24.7 Å². The van der Waals surface area contributed by atoms with Crippen molar-refractivity contribution in [1.82, 2.24) is 0 Å². The van der Waals surface area contributed by atoms with E-state index in [1.165, 1.54) is 21.1 Å². The lowest BCUT2D eigenvalue weighted by molar-refractivity contribution is -0.203. The molecule has 0 amide bonds. The fraction of sp³-hybridized carbons (Fsp3) is 0.315. The van der Waals surface area contributed by atoms with Gasteiger partial charge in [-0.15, -0.1) is 0 Å². The number of methoxy groups -OCH3 is 2. The van der Waals surface area contributed by atoms with E-state index in [9.17, 15) is 4.79 Å². The molecule has 3 atom stereocenters. The van der Waals surface area contributed by atoms with Gasteiger partial charge >= 0.3 is 5.97 Å². The summed E-state index contributed by atoms with van der Waals surface area (Å²) in [4.78, 5) is 12.2. The Morgan fingerprint density at radius 3 is 1.37 bits per heavy atom. The lowest BCUT2D eigenvalue weighted by atomic mass is 9.99. The van der Waals surface area contributed by atoms with E-state index >= 15 is 0 Å². The summed E-state index contributed by atoms with van der Waals surface area (Å²) in [6.07, 6.45) is -1.92. The smallest absolute Gasteiger partial charge is 0.308 e. The quantitative estimate of drug-likeness (QED) is 0.0182. The Labute approximate surface area is 385 Å². The molecule has 6 rings (SSSR count). The molecular weight excluding hydrogens is 837 g/mol. The van der Waals surface area contributed by atoms with Crippen LogP contribution in [0.5, 0.6) is 17.2 Å². The monoisotopic (exact) mass is 898 g/mol. The lowest BCUT2D eigenvalue weighted by Gasteiger charge is -2.44. The first kappa shape index (κ1) is 48.8. The average molecular weight is 899 g/mol. The molecule has 0 bridgehead atoms. The first-order valence-electron chi connectivity index (χ1n) is 21.9. The summed E-state index contributed by atoms with van der Waals surface area (Å²) in [6.45, 7) is 9.03. The van der Waals surface area contributed by atoms with Crippen LogP contribution in [0.1, 0.15) is 49.9 Å². The van der Waals surface area contributed by atoms with Crippen molar-refractivity contribution >= 4 is 24.7 Å². The zero-order chi connectivity index (χ0) is 45.9. The highest BCUT2D eigenvalue weighted by Gasteiger charge is 2.51. The number of carbonyl (C=O) groups excluding carboxylic acids is 1. The van der Waals surface area contributed by atoms with Crippen molar-refractivity contribution in [3.05, 3.63) is 186 Å². The molecule has 0 saturated carbocycles. The molecule has 6 aromatic carbocycles. The van der Waals surface area contributed by atoms with E-state index in [2.05, 4.69) is 69.3 Å². The Balaban J connectivity index is 1.44. The van der Waals surface area contributed by atoms with Crippen LogP contribution in [0.4, 0.5) is 0 Å². The predicted molar refractivity (Wildman–Crippen MR) is 255 cm³/mol. The van der Waals surface area contributed by atoms with E-state index in [0.717, 1.165) is 32.6 Å². The molecular formula is C54H62O10Si. The standard InChI is InChI=1S/C54H62O10Si/c1-41(55)64-53-48(56-5)32-45(33-49(53)57-6)34-50(61-39-58-35-42-22-12-7-13-23-42)52(60-37-44-26-16-9-17-27-44)51(62-40-59-36-43-24-14-8-15-25-43)38-63-65(54(2,3)4,46-28-18-10-19-29-46)47-30-20-11-21-31-47/h7-33,50-52H,34-40H2,1-6H3/t50-,51+,52+/m1/s1. The highest BCUT2D eigenvalue weighted by Crippen LogP contribution is 2.40. The van der Waals surface area contributed by atoms with Crippen LogP contribution in [-0.2, 0) is 59.1 Å². The first-order valence-corrected chi connectivity index (χ1v) is 23.8. The lowest BCUT2D eigenvalue weighted by Crippen LogP contribution is -2.67. The highest BCUT2D eigenvalue weighted by molar-refractivity contribution is 6.99. The predicted octanol–water partition coefficient (Wildman–Crippen LogP) is 9.45. The highest BCUT2D eigenvalue weighted by atomic mass is 28.4. The number of rotatable bonds is 25. The third-order valence-corrected chi connectivity index (χ3v) is 16.1. The van der Waals surface area contributed by atoms with Crippen molar-refractivity contribution < 1.29 is 47.1 Å². The van der Waals surface area contributed by atoms with Crippen molar-refractivity contribution in [2.24, 2.45) is 0 Å². The zero-order valence-corrected chi connectivity index (χ0v) is 39.4. The van der Waals surface area contributed by atoms with Crippen LogP contribution < -0.4 is 24.6 Å². The molecule has 0 heterocycles. The molecule has 0 aliphatic heterocycles. The molecule has 0 aromatic heterocycles. The number of benzene rings is 6. The van der Waals surface area contributed by atoms with Gasteiger partial charge in [0.1, 0.15) is 25.8 Å². The molecule has 0 aliphatic rings. The van der Waals surface area contributed by atoms with Gasteiger partial charge in [-0.1, -0.05) is 172 Å². The van der Waals surface area contributed by atoms with Crippen LogP contribution in [0.25, 0.3) is 0 Å². The summed E-state index contributed by atoms with van der Waals surface area (Å²) < 4.78 is 57.8. The first-order chi connectivity index (χ1) is 31.6. The maximum atomic E-state index is 12.2. The van der Waals surface area contributed by atoms with Crippen molar-refractivity contribution in [1.29, 1.82) is 0 Å². The maximum Gasteiger partial charge on any atom is 0.308 e. The van der Waals surface area contributed by atoms with Crippen LogP contribution in [0, 0.1) is 0 Å². The van der Waals surface area contributed by atoms with Crippen LogP contribution in [0.15, 0.2) is 164 Å². The Hall–Kier alpha value is -5.63. The zero-order valence-electron chi connectivity index (χ0n) is 38.4. The van der Waals surface area contributed by atoms with E-state index in [1.54, 1.807) is 0 Å². The molecule has 0 unspecified atom stereocenters. The fourth-order valence-electron chi connectivity index (χ4n) is 7.96. The SMILES string of the molecule is COc1cc(C[C@@H](OCOCc2ccccc2)[C@H](OCc2ccccc2)[C@H](CO[Si](c2ccccc2)(c2ccccc2)C(C)(C)C)OCOCc2ccccc2)cc(OC)c1OC(C)=O. The Bertz CT molecular complexity index is 2230. The van der Waals surface area contributed by atoms with E-state index in [1.807, 2.05) is 115 Å². The Morgan fingerprint density at radius 2 is 0.954 bits per heavy atom. The molecule has 6 aromatic rings. The van der Waals surface area contributed by atoms with Gasteiger partial charge in [0, 0.05) is 13.3 Å². The molecule has 0 saturated heterocycles. The molecule has 0 spiro atoms. The molecule has 0 aliphatic carbocycles. The van der Waals surface area contributed by atoms with Gasteiger partial charge in [0.15, 0.2) is 11.5 Å². The molecule has 11 heteroatoms. The summed E-state index contributed by atoms with van der Waals surface area (Å²) in [5.41, 5.74) is 3.76. The molecule has 342 valence electrons. The second-order valence-corrected chi connectivity index (χ2v) is 21.0. The average Bonchev–Trinajstić information content (AvgIpc) is 3.32. The van der Waals surface area contributed by atoms with E-state index in [4.69, 9.17) is 42.3 Å². The molecule has 65 heavy (non-hydrogen) atoms. The van der Waals surface area contributed by atoms with Gasteiger partial charge in [-0.25, -0.2) is 0 Å². The minimum Gasteiger partial charge on any atom is -0.493 e. The summed E-state index contributed by atoms with van der Waals surface area (Å²) in [5, 5.41) is 1.95. The minimum atomic E-state index is -3.08. The van der Waals surface area contributed by atoms with Gasteiger partial charge in [-0.2, -0.15) is 0 Å². The summed E-state index contributed by atoms with van der Waals surface area (Å²) in [6, 6.07) is 54.6. The number of ether oxygens (including phenoxy) is 8. The summed E-state index contributed by atoms with van der Waals surface area (Å²) >= 11 is 0.